The SMILES string of the molecule is Cc1ccc(CC(=O)N/N=C/c2ccc(OCc3ccc(C#N)cc3)cc2)c(C)c1. The quantitative estimate of drug-likeness (QED) is 0.473. The van der Waals surface area contributed by atoms with Gasteiger partial charge >= 0.3 is 0 Å². The van der Waals surface area contributed by atoms with E-state index in [-0.39, 0.29) is 5.91 Å². The standard InChI is InChI=1S/C25H23N3O2/c1-18-3-10-23(19(2)13-18)14-25(29)28-27-16-21-8-11-24(12-9-21)30-17-22-6-4-20(15-26)5-7-22/h3-13,16H,14,17H2,1-2H3,(H,28,29)/b27-16+. The molecule has 1 amide bonds. The van der Waals surface area contributed by atoms with Crippen LogP contribution in [-0.2, 0) is 17.8 Å². The zero-order valence-electron chi connectivity index (χ0n) is 17.1. The van der Waals surface area contributed by atoms with E-state index in [1.165, 1.54) is 5.56 Å². The molecule has 5 nitrogen and oxygen atoms in total. The molecule has 30 heavy (non-hydrogen) atoms. The fourth-order valence-electron chi connectivity index (χ4n) is 2.93. The summed E-state index contributed by atoms with van der Waals surface area (Å²) in [5, 5.41) is 12.9. The van der Waals surface area contributed by atoms with Crippen LogP contribution < -0.4 is 10.2 Å². The number of nitrogens with one attached hydrogen (secondary N) is 1. The van der Waals surface area contributed by atoms with E-state index in [4.69, 9.17) is 10.00 Å². The van der Waals surface area contributed by atoms with Crippen molar-refractivity contribution in [3.63, 3.8) is 0 Å². The van der Waals surface area contributed by atoms with E-state index >= 15 is 0 Å². The predicted octanol–water partition coefficient (Wildman–Crippen LogP) is 4.45. The minimum Gasteiger partial charge on any atom is -0.489 e. The average molecular weight is 397 g/mol. The molecule has 0 spiro atoms. The Kier molecular flexibility index (Phi) is 6.96. The number of ether oxygens (including phenoxy) is 1. The molecule has 0 atom stereocenters. The van der Waals surface area contributed by atoms with E-state index in [2.05, 4.69) is 22.7 Å². The topological polar surface area (TPSA) is 74.5 Å². The number of benzene rings is 3. The number of nitrogens with zero attached hydrogens (tertiary/aromatic N) is 2. The van der Waals surface area contributed by atoms with E-state index < -0.39 is 0 Å². The number of carbonyl (C=O) groups excluding carboxylic acids is 1. The molecule has 0 bridgehead atoms. The van der Waals surface area contributed by atoms with Crippen molar-refractivity contribution in [3.8, 4) is 11.8 Å². The number of nitriles is 1. The van der Waals surface area contributed by atoms with Crippen molar-refractivity contribution in [2.45, 2.75) is 26.9 Å². The molecule has 0 aliphatic carbocycles. The van der Waals surface area contributed by atoms with Gasteiger partial charge in [-0.05, 0) is 72.5 Å². The van der Waals surface area contributed by atoms with E-state index in [0.717, 1.165) is 28.0 Å². The van der Waals surface area contributed by atoms with Crippen molar-refractivity contribution >= 4 is 12.1 Å². The van der Waals surface area contributed by atoms with Crippen LogP contribution in [0, 0.1) is 25.2 Å². The lowest BCUT2D eigenvalue weighted by Crippen LogP contribution is -2.20. The molecule has 0 saturated carbocycles. The second-order valence-electron chi connectivity index (χ2n) is 7.07. The van der Waals surface area contributed by atoms with Crippen LogP contribution in [-0.4, -0.2) is 12.1 Å². The Bertz CT molecular complexity index is 1080. The molecule has 0 unspecified atom stereocenters. The van der Waals surface area contributed by atoms with E-state index in [1.807, 2.05) is 62.4 Å². The van der Waals surface area contributed by atoms with E-state index in [0.29, 0.717) is 18.6 Å². The Morgan fingerprint density at radius 1 is 1.07 bits per heavy atom. The molecule has 5 heteroatoms. The van der Waals surface area contributed by atoms with Crippen LogP contribution in [0.15, 0.2) is 71.8 Å². The van der Waals surface area contributed by atoms with Gasteiger partial charge in [0.1, 0.15) is 12.4 Å². The molecule has 3 aromatic carbocycles. The van der Waals surface area contributed by atoms with Gasteiger partial charge in [0.05, 0.1) is 24.3 Å². The third-order valence-electron chi connectivity index (χ3n) is 4.62. The monoisotopic (exact) mass is 397 g/mol. The first-order chi connectivity index (χ1) is 14.5. The van der Waals surface area contributed by atoms with Gasteiger partial charge < -0.3 is 4.74 Å². The average Bonchev–Trinajstić information content (AvgIpc) is 2.75. The van der Waals surface area contributed by atoms with Gasteiger partial charge in [-0.25, -0.2) is 5.43 Å². The molecule has 0 aliphatic heterocycles. The van der Waals surface area contributed by atoms with Crippen molar-refractivity contribution in [2.24, 2.45) is 5.10 Å². The lowest BCUT2D eigenvalue weighted by molar-refractivity contribution is -0.120. The number of aryl methyl sites for hydroxylation is 2. The van der Waals surface area contributed by atoms with Gasteiger partial charge in [0.2, 0.25) is 5.91 Å². The summed E-state index contributed by atoms with van der Waals surface area (Å²) in [6, 6.07) is 22.9. The highest BCUT2D eigenvalue weighted by atomic mass is 16.5. The Labute approximate surface area is 176 Å². The molecule has 150 valence electrons. The summed E-state index contributed by atoms with van der Waals surface area (Å²) >= 11 is 0. The zero-order chi connectivity index (χ0) is 21.3. The zero-order valence-corrected chi connectivity index (χ0v) is 17.1. The first-order valence-electron chi connectivity index (χ1n) is 9.63. The van der Waals surface area contributed by atoms with Crippen molar-refractivity contribution in [2.75, 3.05) is 0 Å². The van der Waals surface area contributed by atoms with Crippen LogP contribution in [0.1, 0.15) is 33.4 Å². The molecule has 0 saturated heterocycles. The fourth-order valence-corrected chi connectivity index (χ4v) is 2.93. The molecule has 3 aromatic rings. The summed E-state index contributed by atoms with van der Waals surface area (Å²) in [5.41, 5.74) is 8.32. The van der Waals surface area contributed by atoms with Crippen LogP contribution in [0.25, 0.3) is 0 Å². The van der Waals surface area contributed by atoms with Crippen LogP contribution in [0.5, 0.6) is 5.75 Å². The Morgan fingerprint density at radius 2 is 1.80 bits per heavy atom. The van der Waals surface area contributed by atoms with Gasteiger partial charge in [0.15, 0.2) is 0 Å². The Balaban J connectivity index is 1.47. The van der Waals surface area contributed by atoms with Crippen LogP contribution in [0.4, 0.5) is 0 Å². The van der Waals surface area contributed by atoms with Gasteiger partial charge in [0, 0.05) is 0 Å². The second kappa shape index (κ2) is 10.0. The highest BCUT2D eigenvalue weighted by Crippen LogP contribution is 2.14. The summed E-state index contributed by atoms with van der Waals surface area (Å²) in [6.07, 6.45) is 1.90. The number of hydrazone groups is 1. The maximum absolute atomic E-state index is 12.1. The van der Waals surface area contributed by atoms with Crippen LogP contribution >= 0.6 is 0 Å². The van der Waals surface area contributed by atoms with Crippen LogP contribution in [0.2, 0.25) is 0 Å². The fraction of sp³-hybridized carbons (Fsp3) is 0.160. The van der Waals surface area contributed by atoms with Crippen molar-refractivity contribution in [1.29, 1.82) is 5.26 Å². The molecule has 0 aliphatic rings. The number of hydrogen-bond acceptors (Lipinski definition) is 4. The number of carbonyl (C=O) groups is 1. The third kappa shape index (κ3) is 6.05. The van der Waals surface area contributed by atoms with Crippen molar-refractivity contribution < 1.29 is 9.53 Å². The molecular formula is C25H23N3O2. The predicted molar refractivity (Wildman–Crippen MR) is 117 cm³/mol. The van der Waals surface area contributed by atoms with Gasteiger partial charge in [0.25, 0.3) is 0 Å². The Morgan fingerprint density at radius 3 is 2.47 bits per heavy atom. The summed E-state index contributed by atoms with van der Waals surface area (Å²) in [4.78, 5) is 12.1. The molecule has 3 rings (SSSR count). The molecule has 0 heterocycles. The summed E-state index contributed by atoms with van der Waals surface area (Å²) < 4.78 is 5.75. The van der Waals surface area contributed by atoms with Gasteiger partial charge in [-0.2, -0.15) is 10.4 Å². The minimum atomic E-state index is -0.152. The maximum Gasteiger partial charge on any atom is 0.244 e. The summed E-state index contributed by atoms with van der Waals surface area (Å²) in [5.74, 6) is 0.580. The molecule has 1 N–H and O–H groups in total. The highest BCUT2D eigenvalue weighted by molar-refractivity contribution is 5.83. The first kappa shape index (κ1) is 20.8. The van der Waals surface area contributed by atoms with Crippen LogP contribution in [0.3, 0.4) is 0 Å². The molecule has 0 radical (unpaired) electrons. The highest BCUT2D eigenvalue weighted by Gasteiger charge is 2.05. The van der Waals surface area contributed by atoms with E-state index in [9.17, 15) is 4.79 Å². The lowest BCUT2D eigenvalue weighted by Gasteiger charge is -2.07. The number of amides is 1. The van der Waals surface area contributed by atoms with Gasteiger partial charge in [-0.1, -0.05) is 35.9 Å². The molecular weight excluding hydrogens is 374 g/mol. The normalized spacial score (nSPS) is 10.6. The van der Waals surface area contributed by atoms with Gasteiger partial charge in [-0.15, -0.1) is 0 Å². The first-order valence-corrected chi connectivity index (χ1v) is 9.63. The number of hydrogen-bond donors (Lipinski definition) is 1. The Hall–Kier alpha value is -3.91. The van der Waals surface area contributed by atoms with Crippen molar-refractivity contribution in [1.82, 2.24) is 5.43 Å². The van der Waals surface area contributed by atoms with Crippen molar-refractivity contribution in [3.05, 3.63) is 100 Å². The maximum atomic E-state index is 12.1. The molecule has 0 aromatic heterocycles. The van der Waals surface area contributed by atoms with Gasteiger partial charge in [-0.3, -0.25) is 4.79 Å². The number of rotatable bonds is 7. The summed E-state index contributed by atoms with van der Waals surface area (Å²) in [6.45, 7) is 4.46. The smallest absolute Gasteiger partial charge is 0.244 e. The lowest BCUT2D eigenvalue weighted by atomic mass is 10.0. The largest absolute Gasteiger partial charge is 0.489 e. The third-order valence-corrected chi connectivity index (χ3v) is 4.62. The van der Waals surface area contributed by atoms with E-state index in [1.54, 1.807) is 18.3 Å². The second-order valence-corrected chi connectivity index (χ2v) is 7.07. The minimum absolute atomic E-state index is 0.152. The summed E-state index contributed by atoms with van der Waals surface area (Å²) in [7, 11) is 0. The molecule has 0 fully saturated rings.